The first-order valence-electron chi connectivity index (χ1n) is 6.57. The maximum absolute atomic E-state index is 8.78. The molecule has 1 aromatic heterocycles. The molecular weight excluding hydrogens is 262 g/mol. The molecule has 3 rings (SSSR count). The molecule has 21 heavy (non-hydrogen) atoms. The van der Waals surface area contributed by atoms with Gasteiger partial charge in [-0.1, -0.05) is 24.3 Å². The van der Waals surface area contributed by atoms with Gasteiger partial charge in [-0.2, -0.15) is 5.26 Å². The van der Waals surface area contributed by atoms with Crippen molar-refractivity contribution in [2.45, 2.75) is 6.54 Å². The number of benzene rings is 2. The summed E-state index contributed by atoms with van der Waals surface area (Å²) >= 11 is 0. The molecule has 4 heteroatoms. The van der Waals surface area contributed by atoms with Crippen molar-refractivity contribution >= 4 is 5.69 Å². The molecule has 1 heterocycles. The number of rotatable bonds is 4. The number of nitrogens with one attached hydrogen (secondary N) is 1. The Balaban J connectivity index is 1.70. The lowest BCUT2D eigenvalue weighted by Crippen LogP contribution is -1.99. The van der Waals surface area contributed by atoms with E-state index in [0.717, 1.165) is 22.6 Å². The van der Waals surface area contributed by atoms with Crippen LogP contribution < -0.4 is 5.32 Å². The molecule has 102 valence electrons. The van der Waals surface area contributed by atoms with Crippen molar-refractivity contribution in [3.05, 3.63) is 72.2 Å². The van der Waals surface area contributed by atoms with Crippen molar-refractivity contribution in [3.63, 3.8) is 0 Å². The summed E-state index contributed by atoms with van der Waals surface area (Å²) in [5.74, 6) is 0.747. The zero-order valence-electron chi connectivity index (χ0n) is 11.3. The first kappa shape index (κ1) is 12.9. The second kappa shape index (κ2) is 5.93. The van der Waals surface area contributed by atoms with Crippen LogP contribution in [0.1, 0.15) is 11.1 Å². The van der Waals surface area contributed by atoms with Gasteiger partial charge in [-0.25, -0.2) is 4.98 Å². The number of anilines is 1. The van der Waals surface area contributed by atoms with E-state index in [1.165, 1.54) is 6.39 Å². The smallest absolute Gasteiger partial charge is 0.181 e. The fourth-order valence-electron chi connectivity index (χ4n) is 2.04. The van der Waals surface area contributed by atoms with Gasteiger partial charge in [0.2, 0.25) is 0 Å². The first-order chi connectivity index (χ1) is 10.3. The third-order valence-corrected chi connectivity index (χ3v) is 3.16. The Bertz CT molecular complexity index is 755. The highest BCUT2D eigenvalue weighted by Crippen LogP contribution is 2.22. The third kappa shape index (κ3) is 3.10. The average Bonchev–Trinajstić information content (AvgIpc) is 3.08. The van der Waals surface area contributed by atoms with Gasteiger partial charge in [0.15, 0.2) is 12.2 Å². The first-order valence-corrected chi connectivity index (χ1v) is 6.57. The number of nitriles is 1. The minimum atomic E-state index is 0.672. The molecule has 0 unspecified atom stereocenters. The fraction of sp³-hybridized carbons (Fsp3) is 0.0588. The highest BCUT2D eigenvalue weighted by Gasteiger charge is 2.02. The number of hydrogen-bond acceptors (Lipinski definition) is 4. The molecule has 4 nitrogen and oxygen atoms in total. The van der Waals surface area contributed by atoms with E-state index >= 15 is 0 Å². The van der Waals surface area contributed by atoms with Crippen molar-refractivity contribution in [2.24, 2.45) is 0 Å². The van der Waals surface area contributed by atoms with Gasteiger partial charge in [-0.05, 0) is 29.8 Å². The van der Waals surface area contributed by atoms with Crippen LogP contribution >= 0.6 is 0 Å². The second-order valence-electron chi connectivity index (χ2n) is 4.61. The molecular formula is C17H13N3O. The minimum Gasteiger partial charge on any atom is -0.444 e. The standard InChI is InChI=1S/C17H13N3O/c18-9-13-4-6-14(7-5-13)10-20-16-3-1-2-15(8-16)17-11-19-12-21-17/h1-8,11-12,20H,10H2. The Morgan fingerprint density at radius 1 is 1.14 bits per heavy atom. The maximum Gasteiger partial charge on any atom is 0.181 e. The van der Waals surface area contributed by atoms with E-state index in [4.69, 9.17) is 9.68 Å². The lowest BCUT2D eigenvalue weighted by molar-refractivity contribution is 0.572. The van der Waals surface area contributed by atoms with Crippen LogP contribution in [0.5, 0.6) is 0 Å². The monoisotopic (exact) mass is 275 g/mol. The number of hydrogen-bond donors (Lipinski definition) is 1. The van der Waals surface area contributed by atoms with E-state index in [2.05, 4.69) is 16.4 Å². The van der Waals surface area contributed by atoms with E-state index < -0.39 is 0 Å². The van der Waals surface area contributed by atoms with Crippen LogP contribution in [0, 0.1) is 11.3 Å². The minimum absolute atomic E-state index is 0.672. The van der Waals surface area contributed by atoms with Gasteiger partial charge in [0.1, 0.15) is 0 Å². The van der Waals surface area contributed by atoms with Crippen molar-refractivity contribution in [2.75, 3.05) is 5.32 Å². The largest absolute Gasteiger partial charge is 0.444 e. The molecule has 0 aliphatic heterocycles. The molecule has 2 aromatic carbocycles. The van der Waals surface area contributed by atoms with Crippen LogP contribution in [0.25, 0.3) is 11.3 Å². The summed E-state index contributed by atoms with van der Waals surface area (Å²) in [6, 6.07) is 17.6. The molecule has 0 saturated carbocycles. The summed E-state index contributed by atoms with van der Waals surface area (Å²) in [4.78, 5) is 3.92. The van der Waals surface area contributed by atoms with E-state index in [-0.39, 0.29) is 0 Å². The lowest BCUT2D eigenvalue weighted by atomic mass is 10.1. The summed E-state index contributed by atoms with van der Waals surface area (Å²) < 4.78 is 5.29. The summed E-state index contributed by atoms with van der Waals surface area (Å²) in [5, 5.41) is 12.1. The molecule has 0 aliphatic carbocycles. The Labute approximate surface area is 122 Å². The number of nitrogens with zero attached hydrogens (tertiary/aromatic N) is 2. The zero-order valence-corrected chi connectivity index (χ0v) is 11.3. The van der Waals surface area contributed by atoms with Crippen molar-refractivity contribution in [3.8, 4) is 17.4 Å². The zero-order chi connectivity index (χ0) is 14.5. The maximum atomic E-state index is 8.78. The van der Waals surface area contributed by atoms with Crippen LogP contribution in [-0.4, -0.2) is 4.98 Å². The van der Waals surface area contributed by atoms with Gasteiger partial charge in [-0.15, -0.1) is 0 Å². The van der Waals surface area contributed by atoms with Gasteiger partial charge in [-0.3, -0.25) is 0 Å². The van der Waals surface area contributed by atoms with Crippen molar-refractivity contribution < 1.29 is 4.42 Å². The summed E-state index contributed by atoms with van der Waals surface area (Å²) in [6.45, 7) is 0.700. The number of oxazole rings is 1. The summed E-state index contributed by atoms with van der Waals surface area (Å²) in [7, 11) is 0. The third-order valence-electron chi connectivity index (χ3n) is 3.16. The van der Waals surface area contributed by atoms with Crippen LogP contribution in [0.3, 0.4) is 0 Å². The van der Waals surface area contributed by atoms with Gasteiger partial charge < -0.3 is 9.73 Å². The lowest BCUT2D eigenvalue weighted by Gasteiger charge is -2.07. The molecule has 0 amide bonds. The Kier molecular flexibility index (Phi) is 3.66. The van der Waals surface area contributed by atoms with E-state index in [9.17, 15) is 0 Å². The molecule has 0 spiro atoms. The van der Waals surface area contributed by atoms with Gasteiger partial charge >= 0.3 is 0 Å². The molecule has 0 saturated heterocycles. The van der Waals surface area contributed by atoms with Crippen molar-refractivity contribution in [1.82, 2.24) is 4.98 Å². The quantitative estimate of drug-likeness (QED) is 0.786. The predicted molar refractivity (Wildman–Crippen MR) is 80.4 cm³/mol. The van der Waals surface area contributed by atoms with Gasteiger partial charge in [0.05, 0.1) is 17.8 Å². The van der Waals surface area contributed by atoms with E-state index in [1.54, 1.807) is 6.20 Å². The predicted octanol–water partition coefficient (Wildman–Crippen LogP) is 3.83. The van der Waals surface area contributed by atoms with Crippen LogP contribution in [-0.2, 0) is 6.54 Å². The second-order valence-corrected chi connectivity index (χ2v) is 4.61. The SMILES string of the molecule is N#Cc1ccc(CNc2cccc(-c3cnco3)c2)cc1. The summed E-state index contributed by atoms with van der Waals surface area (Å²) in [6.07, 6.45) is 3.12. The van der Waals surface area contributed by atoms with Crippen LogP contribution in [0.4, 0.5) is 5.69 Å². The number of aromatic nitrogens is 1. The molecule has 0 fully saturated rings. The van der Waals surface area contributed by atoms with Gasteiger partial charge in [0.25, 0.3) is 0 Å². The summed E-state index contributed by atoms with van der Waals surface area (Å²) in [5.41, 5.74) is 3.79. The van der Waals surface area contributed by atoms with Crippen molar-refractivity contribution in [1.29, 1.82) is 5.26 Å². The Morgan fingerprint density at radius 2 is 2.00 bits per heavy atom. The Morgan fingerprint density at radius 3 is 2.71 bits per heavy atom. The molecule has 0 atom stereocenters. The van der Waals surface area contributed by atoms with E-state index in [1.807, 2.05) is 48.5 Å². The molecule has 0 radical (unpaired) electrons. The highest BCUT2D eigenvalue weighted by atomic mass is 16.3. The molecule has 1 N–H and O–H groups in total. The molecule has 3 aromatic rings. The highest BCUT2D eigenvalue weighted by molar-refractivity contribution is 5.63. The van der Waals surface area contributed by atoms with Crippen LogP contribution in [0.15, 0.2) is 65.5 Å². The van der Waals surface area contributed by atoms with Crippen LogP contribution in [0.2, 0.25) is 0 Å². The Hall–Kier alpha value is -3.06. The molecule has 0 aliphatic rings. The molecule has 0 bridgehead atoms. The fourth-order valence-corrected chi connectivity index (χ4v) is 2.04. The normalized spacial score (nSPS) is 10.0. The van der Waals surface area contributed by atoms with Gasteiger partial charge in [0, 0.05) is 17.8 Å². The average molecular weight is 275 g/mol. The topological polar surface area (TPSA) is 61.9 Å². The van der Waals surface area contributed by atoms with E-state index in [0.29, 0.717) is 12.1 Å².